The number of nitrogens with one attached hydrogen (secondary N) is 1. The van der Waals surface area contributed by atoms with Gasteiger partial charge >= 0.3 is 5.97 Å². The van der Waals surface area contributed by atoms with E-state index in [1.807, 2.05) is 0 Å². The predicted molar refractivity (Wildman–Crippen MR) is 73.6 cm³/mol. The normalized spacial score (nSPS) is 10.2. The fourth-order valence-electron chi connectivity index (χ4n) is 1.42. The molecule has 0 aromatic carbocycles. The van der Waals surface area contributed by atoms with Crippen LogP contribution in [0.25, 0.3) is 0 Å². The number of carbonyl (C=O) groups excluding carboxylic acids is 2. The predicted octanol–water partition coefficient (Wildman–Crippen LogP) is 0.664. The zero-order valence-electron chi connectivity index (χ0n) is 10.8. The number of primary amides is 1. The van der Waals surface area contributed by atoms with Gasteiger partial charge < -0.3 is 26.3 Å². The molecule has 0 aliphatic carbocycles. The van der Waals surface area contributed by atoms with E-state index in [1.165, 1.54) is 0 Å². The largest absolute Gasteiger partial charge is 0.462 e. The van der Waals surface area contributed by atoms with E-state index in [9.17, 15) is 9.59 Å². The minimum atomic E-state index is -0.673. The Balaban J connectivity index is 3.08. The Morgan fingerprint density at radius 3 is 2.63 bits per heavy atom. The molecule has 0 fully saturated rings. The third-order valence-electron chi connectivity index (χ3n) is 2.24. The lowest BCUT2D eigenvalue weighted by molar-refractivity contribution is 0.0529. The zero-order valence-corrected chi connectivity index (χ0v) is 11.6. The number of anilines is 2. The van der Waals surface area contributed by atoms with Gasteiger partial charge in [-0.25, -0.2) is 4.79 Å². The number of hydrogen-bond acceptors (Lipinski definition) is 7. The minimum absolute atomic E-state index is 0.0517. The SMILES string of the molecule is CCOC(=O)c1c(NCCOC)sc(C(N)=O)c1N. The number of thiophene rings is 1. The second-order valence-electron chi connectivity index (χ2n) is 3.55. The average Bonchev–Trinajstić information content (AvgIpc) is 2.67. The van der Waals surface area contributed by atoms with E-state index >= 15 is 0 Å². The third-order valence-corrected chi connectivity index (χ3v) is 3.42. The van der Waals surface area contributed by atoms with Crippen molar-refractivity contribution in [2.75, 3.05) is 37.9 Å². The van der Waals surface area contributed by atoms with E-state index in [-0.39, 0.29) is 22.7 Å². The molecule has 8 heteroatoms. The Morgan fingerprint density at radius 1 is 1.42 bits per heavy atom. The summed E-state index contributed by atoms with van der Waals surface area (Å²) in [5.74, 6) is -1.25. The molecule has 1 rings (SSSR count). The molecular formula is C11H17N3O4S. The van der Waals surface area contributed by atoms with Crippen LogP contribution in [-0.4, -0.2) is 38.7 Å². The summed E-state index contributed by atoms with van der Waals surface area (Å²) < 4.78 is 9.81. The summed E-state index contributed by atoms with van der Waals surface area (Å²) in [6.07, 6.45) is 0. The molecule has 7 nitrogen and oxygen atoms in total. The first-order chi connectivity index (χ1) is 9.02. The fourth-order valence-corrected chi connectivity index (χ4v) is 2.41. The first kappa shape index (κ1) is 15.3. The molecule has 0 bridgehead atoms. The zero-order chi connectivity index (χ0) is 14.4. The third kappa shape index (κ3) is 3.58. The number of carbonyl (C=O) groups is 2. The van der Waals surface area contributed by atoms with Gasteiger partial charge in [0.1, 0.15) is 15.4 Å². The van der Waals surface area contributed by atoms with Crippen LogP contribution in [0.4, 0.5) is 10.7 Å². The van der Waals surface area contributed by atoms with Crippen molar-refractivity contribution in [2.45, 2.75) is 6.92 Å². The van der Waals surface area contributed by atoms with E-state index in [1.54, 1.807) is 14.0 Å². The van der Waals surface area contributed by atoms with Crippen molar-refractivity contribution >= 4 is 33.9 Å². The first-order valence-corrected chi connectivity index (χ1v) is 6.46. The molecule has 0 aliphatic heterocycles. The maximum Gasteiger partial charge on any atom is 0.343 e. The van der Waals surface area contributed by atoms with Gasteiger partial charge in [0.2, 0.25) is 0 Å². The van der Waals surface area contributed by atoms with Crippen molar-refractivity contribution in [3.63, 3.8) is 0 Å². The molecular weight excluding hydrogens is 270 g/mol. The lowest BCUT2D eigenvalue weighted by Gasteiger charge is -2.07. The van der Waals surface area contributed by atoms with Crippen molar-refractivity contribution in [1.29, 1.82) is 0 Å². The van der Waals surface area contributed by atoms with Gasteiger partial charge in [0, 0.05) is 13.7 Å². The van der Waals surface area contributed by atoms with E-state index in [2.05, 4.69) is 5.32 Å². The van der Waals surface area contributed by atoms with Crippen molar-refractivity contribution in [3.05, 3.63) is 10.4 Å². The van der Waals surface area contributed by atoms with Crippen LogP contribution in [0, 0.1) is 0 Å². The van der Waals surface area contributed by atoms with Crippen molar-refractivity contribution < 1.29 is 19.1 Å². The van der Waals surface area contributed by atoms with Crippen molar-refractivity contribution in [3.8, 4) is 0 Å². The number of nitrogens with two attached hydrogens (primary N) is 2. The highest BCUT2D eigenvalue weighted by atomic mass is 32.1. The van der Waals surface area contributed by atoms with Crippen LogP contribution >= 0.6 is 11.3 Å². The summed E-state index contributed by atoms with van der Waals surface area (Å²) in [6, 6.07) is 0. The average molecular weight is 287 g/mol. The molecule has 0 unspecified atom stereocenters. The summed E-state index contributed by atoms with van der Waals surface area (Å²) in [7, 11) is 1.56. The van der Waals surface area contributed by atoms with Crippen LogP contribution in [0.2, 0.25) is 0 Å². The number of nitrogen functional groups attached to an aromatic ring is 1. The Kier molecular flexibility index (Phi) is 5.58. The summed E-state index contributed by atoms with van der Waals surface area (Å²) in [5.41, 5.74) is 11.2. The monoisotopic (exact) mass is 287 g/mol. The van der Waals surface area contributed by atoms with E-state index in [0.29, 0.717) is 18.2 Å². The highest BCUT2D eigenvalue weighted by Crippen LogP contribution is 2.35. The van der Waals surface area contributed by atoms with Crippen LogP contribution in [0.3, 0.4) is 0 Å². The van der Waals surface area contributed by atoms with Gasteiger partial charge in [-0.1, -0.05) is 0 Å². The summed E-state index contributed by atoms with van der Waals surface area (Å²) in [5, 5.41) is 3.43. The van der Waals surface area contributed by atoms with Crippen molar-refractivity contribution in [2.24, 2.45) is 5.73 Å². The number of rotatable bonds is 7. The summed E-state index contributed by atoms with van der Waals surface area (Å²) in [6.45, 7) is 2.83. The molecule has 0 spiro atoms. The molecule has 106 valence electrons. The molecule has 1 amide bonds. The van der Waals surface area contributed by atoms with E-state index in [0.717, 1.165) is 11.3 Å². The molecule has 0 radical (unpaired) electrons. The molecule has 19 heavy (non-hydrogen) atoms. The summed E-state index contributed by atoms with van der Waals surface area (Å²) in [4.78, 5) is 23.2. The Labute approximate surface area is 114 Å². The van der Waals surface area contributed by atoms with E-state index in [4.69, 9.17) is 20.9 Å². The van der Waals surface area contributed by atoms with Gasteiger partial charge in [-0.05, 0) is 6.92 Å². The molecule has 0 atom stereocenters. The molecule has 1 aromatic rings. The minimum Gasteiger partial charge on any atom is -0.462 e. The van der Waals surface area contributed by atoms with Crippen molar-refractivity contribution in [1.82, 2.24) is 0 Å². The van der Waals surface area contributed by atoms with Gasteiger partial charge in [-0.15, -0.1) is 11.3 Å². The summed E-state index contributed by atoms with van der Waals surface area (Å²) >= 11 is 1.03. The molecule has 5 N–H and O–H groups in total. The quantitative estimate of drug-likeness (QED) is 0.501. The Morgan fingerprint density at radius 2 is 2.11 bits per heavy atom. The lowest BCUT2D eigenvalue weighted by Crippen LogP contribution is -2.14. The molecule has 1 heterocycles. The standard InChI is InChI=1S/C11H17N3O4S/c1-3-18-11(16)6-7(12)8(9(13)15)19-10(6)14-4-5-17-2/h14H,3-5,12H2,1-2H3,(H2,13,15). The van der Waals surface area contributed by atoms with Crippen LogP contribution in [0.15, 0.2) is 0 Å². The van der Waals surface area contributed by atoms with Crippen LogP contribution in [0.1, 0.15) is 27.0 Å². The first-order valence-electron chi connectivity index (χ1n) is 5.64. The molecule has 0 saturated carbocycles. The van der Waals surface area contributed by atoms with Gasteiger partial charge in [-0.2, -0.15) is 0 Å². The highest BCUT2D eigenvalue weighted by Gasteiger charge is 2.25. The van der Waals surface area contributed by atoms with Gasteiger partial charge in [-0.3, -0.25) is 4.79 Å². The molecule has 0 saturated heterocycles. The second-order valence-corrected chi connectivity index (χ2v) is 4.57. The number of methoxy groups -OCH3 is 1. The number of esters is 1. The topological polar surface area (TPSA) is 117 Å². The second kappa shape index (κ2) is 6.95. The van der Waals surface area contributed by atoms with Gasteiger partial charge in [0.05, 0.1) is 18.9 Å². The highest BCUT2D eigenvalue weighted by molar-refractivity contribution is 7.19. The smallest absolute Gasteiger partial charge is 0.343 e. The maximum atomic E-state index is 11.8. The number of amides is 1. The lowest BCUT2D eigenvalue weighted by atomic mass is 10.2. The Hall–Kier alpha value is -1.80. The molecule has 0 aliphatic rings. The maximum absolute atomic E-state index is 11.8. The van der Waals surface area contributed by atoms with E-state index < -0.39 is 11.9 Å². The van der Waals surface area contributed by atoms with Crippen LogP contribution in [-0.2, 0) is 9.47 Å². The molecule has 1 aromatic heterocycles. The van der Waals surface area contributed by atoms with Crippen LogP contribution < -0.4 is 16.8 Å². The number of hydrogen-bond donors (Lipinski definition) is 3. The van der Waals surface area contributed by atoms with Gasteiger partial charge in [0.25, 0.3) is 5.91 Å². The number of ether oxygens (including phenoxy) is 2. The Bertz CT molecular complexity index is 473. The van der Waals surface area contributed by atoms with Gasteiger partial charge in [0.15, 0.2) is 0 Å². The fraction of sp³-hybridized carbons (Fsp3) is 0.455. The van der Waals surface area contributed by atoms with Crippen LogP contribution in [0.5, 0.6) is 0 Å².